The van der Waals surface area contributed by atoms with Crippen molar-refractivity contribution in [3.63, 3.8) is 0 Å². The van der Waals surface area contributed by atoms with Gasteiger partial charge in [0, 0.05) is 36.6 Å². The summed E-state index contributed by atoms with van der Waals surface area (Å²) in [5, 5.41) is 13.1. The number of nitrogens with zero attached hydrogens (tertiary/aromatic N) is 4. The third-order valence-electron chi connectivity index (χ3n) is 7.17. The summed E-state index contributed by atoms with van der Waals surface area (Å²) in [6.45, 7) is 1.42. The molecule has 1 aliphatic rings. The molecule has 0 bridgehead atoms. The average Bonchev–Trinajstić information content (AvgIpc) is 3.43. The smallest absolute Gasteiger partial charge is 0.287 e. The van der Waals surface area contributed by atoms with Gasteiger partial charge in [-0.3, -0.25) is 19.3 Å². The van der Waals surface area contributed by atoms with E-state index in [1.54, 1.807) is 36.3 Å². The van der Waals surface area contributed by atoms with Crippen LogP contribution in [0.25, 0.3) is 21.3 Å². The zero-order valence-corrected chi connectivity index (χ0v) is 23.5. The Bertz CT molecular complexity index is 1840. The van der Waals surface area contributed by atoms with Crippen LogP contribution in [0.2, 0.25) is 0 Å². The number of benzene rings is 2. The van der Waals surface area contributed by atoms with E-state index in [0.29, 0.717) is 28.5 Å². The van der Waals surface area contributed by atoms with E-state index >= 15 is 0 Å². The van der Waals surface area contributed by atoms with Gasteiger partial charge in [-0.2, -0.15) is 5.10 Å². The predicted molar refractivity (Wildman–Crippen MR) is 161 cm³/mol. The highest BCUT2D eigenvalue weighted by molar-refractivity contribution is 7.20. The number of rotatable bonds is 6. The fourth-order valence-electron chi connectivity index (χ4n) is 4.82. The van der Waals surface area contributed by atoms with Gasteiger partial charge in [0.15, 0.2) is 0 Å². The number of anilines is 3. The normalized spacial score (nSPS) is 15.6. The highest BCUT2D eigenvalue weighted by atomic mass is 32.1. The monoisotopic (exact) mass is 583 g/mol. The number of fused-ring (bicyclic) bond motifs is 1. The van der Waals surface area contributed by atoms with E-state index in [2.05, 4.69) is 25.8 Å². The summed E-state index contributed by atoms with van der Waals surface area (Å²) in [5.74, 6) is -0.629. The summed E-state index contributed by atoms with van der Waals surface area (Å²) >= 11 is 1.32. The van der Waals surface area contributed by atoms with Crippen molar-refractivity contribution in [2.45, 2.75) is 6.04 Å². The number of likely N-dealkylation sites (N-methyl/N-ethyl adjacent to an activating group) is 2. The van der Waals surface area contributed by atoms with E-state index < -0.39 is 23.3 Å². The summed E-state index contributed by atoms with van der Waals surface area (Å²) in [7, 11) is 3.68. The molecular formula is C30H26FN7O3S. The highest BCUT2D eigenvalue weighted by Gasteiger charge is 2.32. The number of carbonyl (C=O) groups is 2. The fraction of sp³-hybridized carbons (Fsp3) is 0.167. The van der Waals surface area contributed by atoms with E-state index in [1.165, 1.54) is 35.6 Å². The second-order valence-corrected chi connectivity index (χ2v) is 11.1. The van der Waals surface area contributed by atoms with Crippen molar-refractivity contribution in [3.05, 3.63) is 99.5 Å². The number of piperazine rings is 1. The van der Waals surface area contributed by atoms with Crippen LogP contribution in [0.3, 0.4) is 0 Å². The first kappa shape index (κ1) is 27.2. The first-order valence-corrected chi connectivity index (χ1v) is 14.0. The Morgan fingerprint density at radius 3 is 2.64 bits per heavy atom. The molecule has 0 spiro atoms. The first-order chi connectivity index (χ1) is 20.3. The van der Waals surface area contributed by atoms with Crippen molar-refractivity contribution in [1.29, 1.82) is 0 Å². The Kier molecular flexibility index (Phi) is 7.23. The van der Waals surface area contributed by atoms with Crippen LogP contribution in [-0.2, 0) is 4.79 Å². The Balaban J connectivity index is 1.21. The Labute approximate surface area is 243 Å². The second kappa shape index (κ2) is 11.1. The van der Waals surface area contributed by atoms with Crippen LogP contribution in [0.5, 0.6) is 0 Å². The molecule has 1 atom stereocenters. The van der Waals surface area contributed by atoms with Gasteiger partial charge < -0.3 is 15.5 Å². The van der Waals surface area contributed by atoms with Crippen LogP contribution in [-0.4, -0.2) is 64.0 Å². The molecule has 0 aliphatic carbocycles. The molecule has 212 valence electrons. The molecule has 1 aliphatic heterocycles. The number of carbonyl (C=O) groups excluding carboxylic acids is 2. The van der Waals surface area contributed by atoms with E-state index in [1.807, 2.05) is 36.2 Å². The quantitative estimate of drug-likeness (QED) is 0.266. The minimum atomic E-state index is -0.603. The van der Waals surface area contributed by atoms with E-state index in [-0.39, 0.29) is 17.3 Å². The molecule has 3 aromatic heterocycles. The number of amides is 2. The van der Waals surface area contributed by atoms with E-state index in [9.17, 15) is 18.8 Å². The molecule has 3 N–H and O–H groups in total. The molecule has 6 rings (SSSR count). The van der Waals surface area contributed by atoms with Crippen LogP contribution >= 0.6 is 11.3 Å². The number of pyridine rings is 1. The van der Waals surface area contributed by atoms with Gasteiger partial charge in [-0.1, -0.05) is 24.3 Å². The maximum Gasteiger partial charge on any atom is 0.287 e. The largest absolute Gasteiger partial charge is 0.343 e. The van der Waals surface area contributed by atoms with Crippen molar-refractivity contribution >= 4 is 50.4 Å². The number of hydrogen-bond donors (Lipinski definition) is 3. The maximum atomic E-state index is 14.7. The van der Waals surface area contributed by atoms with Gasteiger partial charge in [-0.25, -0.2) is 14.5 Å². The highest BCUT2D eigenvalue weighted by Crippen LogP contribution is 2.29. The zero-order valence-electron chi connectivity index (χ0n) is 22.7. The number of H-pyrrole nitrogens is 1. The number of aromatic amines is 1. The average molecular weight is 584 g/mol. The van der Waals surface area contributed by atoms with Gasteiger partial charge in [-0.05, 0) is 60.5 Å². The molecule has 0 radical (unpaired) electrons. The Morgan fingerprint density at radius 2 is 1.86 bits per heavy atom. The van der Waals surface area contributed by atoms with E-state index in [0.717, 1.165) is 22.2 Å². The summed E-state index contributed by atoms with van der Waals surface area (Å²) in [6, 6.07) is 18.2. The van der Waals surface area contributed by atoms with Crippen molar-refractivity contribution in [2.24, 2.45) is 0 Å². The van der Waals surface area contributed by atoms with Crippen molar-refractivity contribution in [1.82, 2.24) is 25.0 Å². The summed E-state index contributed by atoms with van der Waals surface area (Å²) in [6.07, 6.45) is 1.61. The molecule has 2 amide bonds. The Morgan fingerprint density at radius 1 is 1.02 bits per heavy atom. The van der Waals surface area contributed by atoms with E-state index in [4.69, 9.17) is 0 Å². The molecule has 12 heteroatoms. The Hall–Kier alpha value is -4.94. The van der Waals surface area contributed by atoms with Gasteiger partial charge in [0.05, 0.1) is 16.3 Å². The third-order valence-corrected chi connectivity index (χ3v) is 8.28. The minimum absolute atomic E-state index is 0.000141. The molecule has 42 heavy (non-hydrogen) atoms. The molecule has 10 nitrogen and oxygen atoms in total. The van der Waals surface area contributed by atoms with Crippen molar-refractivity contribution in [2.75, 3.05) is 37.8 Å². The lowest BCUT2D eigenvalue weighted by molar-refractivity contribution is -0.139. The second-order valence-electron chi connectivity index (χ2n) is 10.0. The van der Waals surface area contributed by atoms with Gasteiger partial charge in [0.25, 0.3) is 11.5 Å². The number of nitrogens with one attached hydrogen (secondary N) is 3. The maximum absolute atomic E-state index is 14.7. The molecule has 1 fully saturated rings. The van der Waals surface area contributed by atoms with Crippen molar-refractivity contribution < 1.29 is 14.0 Å². The van der Waals surface area contributed by atoms with Crippen molar-refractivity contribution in [3.8, 4) is 11.3 Å². The number of aromatic nitrogens is 3. The summed E-state index contributed by atoms with van der Waals surface area (Å²) in [4.78, 5) is 46.7. The summed E-state index contributed by atoms with van der Waals surface area (Å²) in [5.41, 5.74) is 1.26. The topological polar surface area (TPSA) is 123 Å². The predicted octanol–water partition coefficient (Wildman–Crippen LogP) is 4.63. The summed E-state index contributed by atoms with van der Waals surface area (Å²) < 4.78 is 15.7. The number of thiophene rings is 1. The number of hydrogen-bond acceptors (Lipinski definition) is 8. The van der Waals surface area contributed by atoms with Crippen LogP contribution in [0, 0.1) is 5.82 Å². The molecule has 0 saturated carbocycles. The lowest BCUT2D eigenvalue weighted by Gasteiger charge is -2.36. The molecular weight excluding hydrogens is 557 g/mol. The standard InChI is InChI=1S/C30H26FN7O3S/c1-37-11-12-38(2)30(41)27(37)19-8-10-26(32-16-19)33-23-15-21(35-36-28(23)39)17-7-9-20(31)22(13-17)34-29(40)25-14-18-5-3-4-6-24(18)42-25/h3-10,13-16,27H,11-12H2,1-2H3,(H,34,40)(H,36,39)(H,32,33,35). The van der Waals surface area contributed by atoms with Crippen LogP contribution in [0.4, 0.5) is 21.6 Å². The SMILES string of the molecule is CN1CCN(C)C(c2ccc(Nc3cc(-c4ccc(F)c(NC(=O)c5cc6ccccc6s5)c4)n[nH]c3=O)nc2)C1=O. The molecule has 1 saturated heterocycles. The number of halogens is 1. The van der Waals surface area contributed by atoms with Gasteiger partial charge >= 0.3 is 0 Å². The molecule has 1 unspecified atom stereocenters. The molecule has 5 aromatic rings. The zero-order chi connectivity index (χ0) is 29.4. The van der Waals surface area contributed by atoms with Crippen LogP contribution in [0.15, 0.2) is 77.7 Å². The van der Waals surface area contributed by atoms with Gasteiger partial charge in [-0.15, -0.1) is 11.3 Å². The van der Waals surface area contributed by atoms with Gasteiger partial charge in [0.1, 0.15) is 23.4 Å². The van der Waals surface area contributed by atoms with Crippen LogP contribution in [0.1, 0.15) is 21.3 Å². The minimum Gasteiger partial charge on any atom is -0.343 e. The fourth-order valence-corrected chi connectivity index (χ4v) is 5.78. The molecule has 2 aromatic carbocycles. The van der Waals surface area contributed by atoms with Crippen LogP contribution < -0.4 is 16.2 Å². The molecule has 4 heterocycles. The third kappa shape index (κ3) is 5.37. The lowest BCUT2D eigenvalue weighted by atomic mass is 10.0. The first-order valence-electron chi connectivity index (χ1n) is 13.1. The van der Waals surface area contributed by atoms with Gasteiger partial charge in [0.2, 0.25) is 5.91 Å². The lowest BCUT2D eigenvalue weighted by Crippen LogP contribution is -2.49.